The van der Waals surface area contributed by atoms with Gasteiger partial charge in [-0.05, 0) is 0 Å². The zero-order chi connectivity index (χ0) is 10.4. The molecule has 2 aromatic rings. The lowest BCUT2D eigenvalue weighted by Crippen LogP contribution is -2.09. The second kappa shape index (κ2) is 2.63. The lowest BCUT2D eigenvalue weighted by Gasteiger charge is -1.96. The number of hydrogen-bond donors (Lipinski definition) is 1. The van der Waals surface area contributed by atoms with Gasteiger partial charge < -0.3 is 4.98 Å². The molecule has 0 saturated carbocycles. The number of carbonyl (C=O) groups is 1. The average Bonchev–Trinajstić information content (AvgIpc) is 2.54. The molecule has 0 amide bonds. The predicted octanol–water partition coefficient (Wildman–Crippen LogP) is 0.981. The lowest BCUT2D eigenvalue weighted by atomic mass is 10.1. The van der Waals surface area contributed by atoms with Gasteiger partial charge in [-0.1, -0.05) is 24.3 Å². The van der Waals surface area contributed by atoms with E-state index in [4.69, 9.17) is 0 Å². The summed E-state index contributed by atoms with van der Waals surface area (Å²) in [6, 6.07) is 7.15. The summed E-state index contributed by atoms with van der Waals surface area (Å²) >= 11 is 0. The second-order valence-electron chi connectivity index (χ2n) is 3.35. The summed E-state index contributed by atoms with van der Waals surface area (Å²) in [5.41, 5.74) is 1.92. The van der Waals surface area contributed by atoms with Gasteiger partial charge in [0.2, 0.25) is 5.78 Å². The molecule has 4 nitrogen and oxygen atoms in total. The first-order valence-corrected chi connectivity index (χ1v) is 4.51. The molecule has 4 heteroatoms. The van der Waals surface area contributed by atoms with E-state index in [1.807, 2.05) is 6.07 Å². The molecule has 1 aliphatic carbocycles. The molecule has 1 aliphatic rings. The van der Waals surface area contributed by atoms with Crippen molar-refractivity contribution >= 4 is 5.78 Å². The molecule has 15 heavy (non-hydrogen) atoms. The van der Waals surface area contributed by atoms with Crippen molar-refractivity contribution < 1.29 is 4.79 Å². The molecule has 1 aromatic heterocycles. The maximum absolute atomic E-state index is 11.8. The van der Waals surface area contributed by atoms with Crippen LogP contribution in [0.15, 0.2) is 35.3 Å². The van der Waals surface area contributed by atoms with Crippen molar-refractivity contribution in [2.75, 3.05) is 0 Å². The molecule has 1 N–H and O–H groups in total. The van der Waals surface area contributed by atoms with Gasteiger partial charge in [0.25, 0.3) is 5.56 Å². The minimum atomic E-state index is -0.293. The first kappa shape index (κ1) is 8.11. The minimum Gasteiger partial charge on any atom is -0.319 e. The number of aromatic nitrogens is 2. The molecule has 0 aliphatic heterocycles. The average molecular weight is 198 g/mol. The Morgan fingerprint density at radius 2 is 1.80 bits per heavy atom. The van der Waals surface area contributed by atoms with Crippen molar-refractivity contribution in [1.29, 1.82) is 0 Å². The van der Waals surface area contributed by atoms with Gasteiger partial charge in [0.1, 0.15) is 5.69 Å². The van der Waals surface area contributed by atoms with E-state index in [-0.39, 0.29) is 11.3 Å². The number of aromatic amines is 1. The standard InChI is InChI=1S/C11H6N2O2/c14-8-5-12-10-9(13-8)6-3-1-2-4-7(6)11(10)15/h1-5H,(H,13,14). The third-order valence-electron chi connectivity index (χ3n) is 2.45. The third-order valence-corrected chi connectivity index (χ3v) is 2.45. The molecule has 1 heterocycles. The number of rotatable bonds is 0. The number of nitrogens with one attached hydrogen (secondary N) is 1. The van der Waals surface area contributed by atoms with E-state index >= 15 is 0 Å². The first-order chi connectivity index (χ1) is 7.27. The molecule has 0 radical (unpaired) electrons. The molecule has 0 fully saturated rings. The van der Waals surface area contributed by atoms with Crippen molar-refractivity contribution in [3.05, 3.63) is 52.1 Å². The van der Waals surface area contributed by atoms with Crippen LogP contribution >= 0.6 is 0 Å². The van der Waals surface area contributed by atoms with Crippen molar-refractivity contribution in [2.24, 2.45) is 0 Å². The highest BCUT2D eigenvalue weighted by atomic mass is 16.1. The van der Waals surface area contributed by atoms with E-state index in [2.05, 4.69) is 9.97 Å². The van der Waals surface area contributed by atoms with E-state index in [0.717, 1.165) is 11.8 Å². The number of fused-ring (bicyclic) bond motifs is 3. The molecule has 0 saturated heterocycles. The molecule has 3 rings (SSSR count). The molecule has 0 unspecified atom stereocenters. The van der Waals surface area contributed by atoms with Gasteiger partial charge in [-0.3, -0.25) is 9.59 Å². The Hall–Kier alpha value is -2.23. The molecule has 0 atom stereocenters. The van der Waals surface area contributed by atoms with Crippen LogP contribution in [0.5, 0.6) is 0 Å². The Labute approximate surface area is 84.6 Å². The van der Waals surface area contributed by atoms with E-state index in [1.165, 1.54) is 0 Å². The van der Waals surface area contributed by atoms with Crippen LogP contribution in [0.2, 0.25) is 0 Å². The van der Waals surface area contributed by atoms with Crippen LogP contribution < -0.4 is 5.56 Å². The summed E-state index contributed by atoms with van der Waals surface area (Å²) in [6.45, 7) is 0. The molecule has 1 aromatic carbocycles. The fourth-order valence-corrected chi connectivity index (χ4v) is 1.80. The van der Waals surface area contributed by atoms with E-state index in [9.17, 15) is 9.59 Å². The van der Waals surface area contributed by atoms with Crippen molar-refractivity contribution in [3.63, 3.8) is 0 Å². The zero-order valence-corrected chi connectivity index (χ0v) is 7.65. The van der Waals surface area contributed by atoms with Crippen LogP contribution in [-0.4, -0.2) is 15.8 Å². The maximum atomic E-state index is 11.8. The number of benzene rings is 1. The largest absolute Gasteiger partial charge is 0.319 e. The fraction of sp³-hybridized carbons (Fsp3) is 0. The molecule has 72 valence electrons. The minimum absolute atomic E-state index is 0.128. The monoisotopic (exact) mass is 198 g/mol. The SMILES string of the molecule is O=C1c2ccccc2-c2[nH]c(=O)cnc21. The van der Waals surface area contributed by atoms with E-state index in [0.29, 0.717) is 17.0 Å². The highest BCUT2D eigenvalue weighted by Gasteiger charge is 2.28. The van der Waals surface area contributed by atoms with Crippen LogP contribution in [0.3, 0.4) is 0 Å². The Kier molecular flexibility index (Phi) is 1.42. The van der Waals surface area contributed by atoms with Crippen molar-refractivity contribution in [1.82, 2.24) is 9.97 Å². The van der Waals surface area contributed by atoms with Gasteiger partial charge in [-0.15, -0.1) is 0 Å². The van der Waals surface area contributed by atoms with Crippen LogP contribution in [0.25, 0.3) is 11.3 Å². The summed E-state index contributed by atoms with van der Waals surface area (Å²) in [4.78, 5) is 29.4. The number of H-pyrrole nitrogens is 1. The molecular formula is C11H6N2O2. The van der Waals surface area contributed by atoms with Crippen molar-refractivity contribution in [3.8, 4) is 11.3 Å². The van der Waals surface area contributed by atoms with E-state index < -0.39 is 0 Å². The molecule has 0 bridgehead atoms. The third kappa shape index (κ3) is 0.985. The van der Waals surface area contributed by atoms with Gasteiger partial charge in [-0.2, -0.15) is 0 Å². The van der Waals surface area contributed by atoms with Crippen LogP contribution in [0, 0.1) is 0 Å². The van der Waals surface area contributed by atoms with E-state index in [1.54, 1.807) is 18.2 Å². The van der Waals surface area contributed by atoms with Crippen LogP contribution in [0.4, 0.5) is 0 Å². The second-order valence-corrected chi connectivity index (χ2v) is 3.35. The smallest absolute Gasteiger partial charge is 0.266 e. The van der Waals surface area contributed by atoms with Crippen LogP contribution in [0.1, 0.15) is 16.1 Å². The maximum Gasteiger partial charge on any atom is 0.266 e. The Morgan fingerprint density at radius 3 is 2.60 bits per heavy atom. The topological polar surface area (TPSA) is 62.8 Å². The van der Waals surface area contributed by atoms with Gasteiger partial charge in [0, 0.05) is 11.1 Å². The summed E-state index contributed by atoms with van der Waals surface area (Å²) in [7, 11) is 0. The van der Waals surface area contributed by atoms with Gasteiger partial charge >= 0.3 is 0 Å². The molecular weight excluding hydrogens is 192 g/mol. The summed E-state index contributed by atoms with van der Waals surface area (Å²) in [5, 5.41) is 0. The number of carbonyl (C=O) groups excluding carboxylic acids is 1. The van der Waals surface area contributed by atoms with Gasteiger partial charge in [0.05, 0.1) is 11.9 Å². The fourth-order valence-electron chi connectivity index (χ4n) is 1.80. The number of hydrogen-bond acceptors (Lipinski definition) is 3. The quantitative estimate of drug-likeness (QED) is 0.585. The summed E-state index contributed by atoms with van der Waals surface area (Å²) in [6.07, 6.45) is 1.13. The molecule has 0 spiro atoms. The highest BCUT2D eigenvalue weighted by Crippen LogP contribution is 2.32. The first-order valence-electron chi connectivity index (χ1n) is 4.51. The Morgan fingerprint density at radius 1 is 1.07 bits per heavy atom. The summed E-state index contributed by atoms with van der Waals surface area (Å²) in [5.74, 6) is -0.128. The zero-order valence-electron chi connectivity index (χ0n) is 7.65. The van der Waals surface area contributed by atoms with Crippen molar-refractivity contribution in [2.45, 2.75) is 0 Å². The van der Waals surface area contributed by atoms with Gasteiger partial charge in [-0.25, -0.2) is 4.98 Å². The number of nitrogens with zero attached hydrogens (tertiary/aromatic N) is 1. The van der Waals surface area contributed by atoms with Gasteiger partial charge in [0.15, 0.2) is 0 Å². The Balaban J connectivity index is 2.44. The predicted molar refractivity (Wildman–Crippen MR) is 53.7 cm³/mol. The summed E-state index contributed by atoms with van der Waals surface area (Å²) < 4.78 is 0. The number of ketones is 1. The highest BCUT2D eigenvalue weighted by molar-refractivity contribution is 6.19. The Bertz CT molecular complexity index is 628. The lowest BCUT2D eigenvalue weighted by molar-refractivity contribution is 0.103. The van der Waals surface area contributed by atoms with Crippen LogP contribution in [-0.2, 0) is 0 Å². The normalized spacial score (nSPS) is 12.4.